The lowest BCUT2D eigenvalue weighted by molar-refractivity contribution is -0.142. The van der Waals surface area contributed by atoms with Gasteiger partial charge >= 0.3 is 5.97 Å². The lowest BCUT2D eigenvalue weighted by Gasteiger charge is -2.27. The molecule has 4 rings (SSSR count). The highest BCUT2D eigenvalue weighted by molar-refractivity contribution is 7.89. The van der Waals surface area contributed by atoms with Gasteiger partial charge in [0.15, 0.2) is 0 Å². The van der Waals surface area contributed by atoms with E-state index in [9.17, 15) is 18.3 Å². The van der Waals surface area contributed by atoms with Crippen LogP contribution in [0.4, 0.5) is 0 Å². The first kappa shape index (κ1) is 21.1. The summed E-state index contributed by atoms with van der Waals surface area (Å²) in [6.07, 6.45) is 0.262. The lowest BCUT2D eigenvalue weighted by Crippen LogP contribution is -2.33. The first-order valence-corrected chi connectivity index (χ1v) is 11.5. The molecule has 0 spiro atoms. The van der Waals surface area contributed by atoms with E-state index in [1.807, 2.05) is 30.3 Å². The zero-order chi connectivity index (χ0) is 21.8. The van der Waals surface area contributed by atoms with Crippen molar-refractivity contribution in [1.82, 2.24) is 4.31 Å². The number of hydrogen-bond acceptors (Lipinski definition) is 4. The molecule has 6 nitrogen and oxygen atoms in total. The van der Waals surface area contributed by atoms with Gasteiger partial charge in [-0.1, -0.05) is 60.7 Å². The van der Waals surface area contributed by atoms with Crippen molar-refractivity contribution in [3.8, 4) is 5.75 Å². The van der Waals surface area contributed by atoms with Crippen LogP contribution in [0, 0.1) is 5.92 Å². The summed E-state index contributed by atoms with van der Waals surface area (Å²) in [7, 11) is -3.82. The summed E-state index contributed by atoms with van der Waals surface area (Å²) in [5, 5.41) is 9.72. The van der Waals surface area contributed by atoms with Crippen LogP contribution >= 0.6 is 0 Å². The summed E-state index contributed by atoms with van der Waals surface area (Å²) < 4.78 is 33.5. The highest BCUT2D eigenvalue weighted by Crippen LogP contribution is 2.41. The minimum atomic E-state index is -3.82. The molecule has 1 fully saturated rings. The fourth-order valence-corrected chi connectivity index (χ4v) is 5.61. The van der Waals surface area contributed by atoms with E-state index in [2.05, 4.69) is 0 Å². The van der Waals surface area contributed by atoms with Crippen LogP contribution in [0.1, 0.15) is 23.6 Å². The third-order valence-electron chi connectivity index (χ3n) is 5.49. The van der Waals surface area contributed by atoms with Crippen LogP contribution in [0.5, 0.6) is 5.75 Å². The van der Waals surface area contributed by atoms with Crippen LogP contribution in [-0.2, 0) is 21.4 Å². The van der Waals surface area contributed by atoms with Gasteiger partial charge in [0.25, 0.3) is 0 Å². The summed E-state index contributed by atoms with van der Waals surface area (Å²) in [5.41, 5.74) is 1.67. The first-order valence-electron chi connectivity index (χ1n) is 10.0. The van der Waals surface area contributed by atoms with Gasteiger partial charge < -0.3 is 9.84 Å². The average Bonchev–Trinajstić information content (AvgIpc) is 3.26. The Labute approximate surface area is 181 Å². The molecule has 160 valence electrons. The van der Waals surface area contributed by atoms with Gasteiger partial charge in [-0.2, -0.15) is 4.31 Å². The fraction of sp³-hybridized carbons (Fsp3) is 0.208. The molecule has 7 heteroatoms. The molecule has 1 saturated heterocycles. The Morgan fingerprint density at radius 2 is 1.55 bits per heavy atom. The Kier molecular flexibility index (Phi) is 6.06. The Hall–Kier alpha value is -3.16. The quantitative estimate of drug-likeness (QED) is 0.602. The number of sulfonamides is 1. The van der Waals surface area contributed by atoms with E-state index in [0.717, 1.165) is 5.56 Å². The molecule has 1 N–H and O–H groups in total. The molecule has 2 atom stereocenters. The highest BCUT2D eigenvalue weighted by Gasteiger charge is 2.45. The molecule has 3 aromatic carbocycles. The van der Waals surface area contributed by atoms with Crippen LogP contribution < -0.4 is 4.74 Å². The second-order valence-corrected chi connectivity index (χ2v) is 9.34. The first-order chi connectivity index (χ1) is 15.0. The largest absolute Gasteiger partial charge is 0.489 e. The standard InChI is InChI=1S/C24H23NO5S/c26-24(27)22-15-16-25(31(28,29)21-9-5-2-6-10-21)23(22)19-11-13-20(14-12-19)30-17-18-7-3-1-4-8-18/h1-14,22-23H,15-17H2,(H,26,27)/t22-,23-/m1/s1. The van der Waals surface area contributed by atoms with E-state index in [0.29, 0.717) is 17.9 Å². The topological polar surface area (TPSA) is 83.9 Å². The summed E-state index contributed by atoms with van der Waals surface area (Å²) in [4.78, 5) is 12.0. The minimum absolute atomic E-state index is 0.158. The van der Waals surface area contributed by atoms with Gasteiger partial charge in [-0.3, -0.25) is 4.79 Å². The van der Waals surface area contributed by atoms with Gasteiger partial charge in [0.2, 0.25) is 10.0 Å². The maximum atomic E-state index is 13.2. The van der Waals surface area contributed by atoms with Crippen LogP contribution in [0.3, 0.4) is 0 Å². The van der Waals surface area contributed by atoms with E-state index in [1.165, 1.54) is 16.4 Å². The second-order valence-electron chi connectivity index (χ2n) is 7.45. The molecule has 0 radical (unpaired) electrons. The van der Waals surface area contributed by atoms with Crippen molar-refractivity contribution in [2.75, 3.05) is 6.54 Å². The zero-order valence-corrected chi connectivity index (χ0v) is 17.6. The molecule has 1 heterocycles. The van der Waals surface area contributed by atoms with Crippen LogP contribution in [0.25, 0.3) is 0 Å². The molecule has 0 aromatic heterocycles. The van der Waals surface area contributed by atoms with Crippen LogP contribution in [0.2, 0.25) is 0 Å². The molecule has 0 saturated carbocycles. The van der Waals surface area contributed by atoms with E-state index < -0.39 is 28.0 Å². The van der Waals surface area contributed by atoms with Crippen molar-refractivity contribution in [2.45, 2.75) is 24.0 Å². The second kappa shape index (κ2) is 8.91. The number of ether oxygens (including phenoxy) is 1. The number of aliphatic carboxylic acids is 1. The number of carboxylic acids is 1. The maximum Gasteiger partial charge on any atom is 0.308 e. The fourth-order valence-electron chi connectivity index (χ4n) is 3.92. The monoisotopic (exact) mass is 437 g/mol. The van der Waals surface area contributed by atoms with E-state index in [-0.39, 0.29) is 17.9 Å². The SMILES string of the molecule is O=C(O)[C@@H]1CCN(S(=O)(=O)c2ccccc2)[C@@H]1c1ccc(OCc2ccccc2)cc1. The Morgan fingerprint density at radius 1 is 0.935 bits per heavy atom. The van der Waals surface area contributed by atoms with Gasteiger partial charge in [-0.15, -0.1) is 0 Å². The van der Waals surface area contributed by atoms with Gasteiger partial charge in [0.05, 0.1) is 16.9 Å². The Morgan fingerprint density at radius 3 is 2.16 bits per heavy atom. The Bertz CT molecular complexity index is 1130. The van der Waals surface area contributed by atoms with E-state index >= 15 is 0 Å². The minimum Gasteiger partial charge on any atom is -0.489 e. The van der Waals surface area contributed by atoms with E-state index in [1.54, 1.807) is 42.5 Å². The summed E-state index contributed by atoms with van der Waals surface area (Å²) in [6.45, 7) is 0.570. The van der Waals surface area contributed by atoms with Crippen molar-refractivity contribution < 1.29 is 23.1 Å². The van der Waals surface area contributed by atoms with Crippen molar-refractivity contribution >= 4 is 16.0 Å². The van der Waals surface area contributed by atoms with Gasteiger partial charge in [0, 0.05) is 6.54 Å². The molecule has 1 aliphatic rings. The number of nitrogens with zero attached hydrogens (tertiary/aromatic N) is 1. The van der Waals surface area contributed by atoms with Gasteiger partial charge in [-0.25, -0.2) is 8.42 Å². The molecule has 0 bridgehead atoms. The van der Waals surface area contributed by atoms with Crippen LogP contribution in [-0.4, -0.2) is 30.3 Å². The molecule has 0 aliphatic carbocycles. The highest BCUT2D eigenvalue weighted by atomic mass is 32.2. The number of carbonyl (C=O) groups is 1. The number of hydrogen-bond donors (Lipinski definition) is 1. The molecular weight excluding hydrogens is 414 g/mol. The zero-order valence-electron chi connectivity index (χ0n) is 16.8. The Balaban J connectivity index is 1.59. The van der Waals surface area contributed by atoms with Gasteiger partial charge in [-0.05, 0) is 41.8 Å². The molecule has 3 aromatic rings. The predicted molar refractivity (Wildman–Crippen MR) is 116 cm³/mol. The molecular formula is C24H23NO5S. The smallest absolute Gasteiger partial charge is 0.308 e. The van der Waals surface area contributed by atoms with Crippen molar-refractivity contribution in [1.29, 1.82) is 0 Å². The normalized spacial score (nSPS) is 19.2. The number of rotatable bonds is 7. The lowest BCUT2D eigenvalue weighted by atomic mass is 9.94. The third kappa shape index (κ3) is 4.47. The van der Waals surface area contributed by atoms with E-state index in [4.69, 9.17) is 4.74 Å². The summed E-state index contributed by atoms with van der Waals surface area (Å²) >= 11 is 0. The maximum absolute atomic E-state index is 13.2. The van der Waals surface area contributed by atoms with Crippen LogP contribution in [0.15, 0.2) is 89.8 Å². The summed E-state index contributed by atoms with van der Waals surface area (Å²) in [6, 6.07) is 24.1. The molecule has 0 amide bonds. The van der Waals surface area contributed by atoms with Crippen molar-refractivity contribution in [3.05, 3.63) is 96.1 Å². The van der Waals surface area contributed by atoms with Crippen molar-refractivity contribution in [3.63, 3.8) is 0 Å². The van der Waals surface area contributed by atoms with Crippen molar-refractivity contribution in [2.24, 2.45) is 5.92 Å². The summed E-state index contributed by atoms with van der Waals surface area (Å²) in [5.74, 6) is -1.18. The molecule has 1 aliphatic heterocycles. The molecule has 31 heavy (non-hydrogen) atoms. The predicted octanol–water partition coefficient (Wildman–Crippen LogP) is 4.10. The van der Waals surface area contributed by atoms with Gasteiger partial charge in [0.1, 0.15) is 12.4 Å². The third-order valence-corrected chi connectivity index (χ3v) is 7.38. The number of benzene rings is 3. The number of carboxylic acid groups (broad SMARTS) is 1. The molecule has 0 unspecified atom stereocenters. The average molecular weight is 438 g/mol.